The number of anilines is 3. The monoisotopic (exact) mass is 431 g/mol. The van der Waals surface area contributed by atoms with Crippen LogP contribution in [0, 0.1) is 24.9 Å². The Kier molecular flexibility index (Phi) is 4.83. The molecule has 0 unspecified atom stereocenters. The summed E-state index contributed by atoms with van der Waals surface area (Å²) in [6.07, 6.45) is -2.17. The molecule has 1 aliphatic heterocycles. The first-order valence-electron chi connectivity index (χ1n) is 9.32. The summed E-state index contributed by atoms with van der Waals surface area (Å²) in [7, 11) is 0. The molecule has 31 heavy (non-hydrogen) atoms. The predicted octanol–water partition coefficient (Wildman–Crippen LogP) is 4.85. The van der Waals surface area contributed by atoms with Gasteiger partial charge in [0.05, 0.1) is 16.8 Å². The molecule has 5 nitrogen and oxygen atoms in total. The molecule has 4 rings (SSSR count). The number of hydrogen-bond donors (Lipinski definition) is 0. The molecule has 2 aromatic carbocycles. The Bertz CT molecular complexity index is 1190. The molecule has 0 N–H and O–H groups in total. The van der Waals surface area contributed by atoms with Gasteiger partial charge >= 0.3 is 6.18 Å². The van der Waals surface area contributed by atoms with E-state index in [1.54, 1.807) is 18.7 Å². The zero-order valence-corrected chi connectivity index (χ0v) is 16.6. The Morgan fingerprint density at radius 1 is 0.935 bits per heavy atom. The number of alkyl halides is 3. The van der Waals surface area contributed by atoms with Crippen molar-refractivity contribution in [1.82, 2.24) is 0 Å². The molecule has 0 saturated heterocycles. The maximum Gasteiger partial charge on any atom is 0.416 e. The summed E-state index contributed by atoms with van der Waals surface area (Å²) in [4.78, 5) is 16.1. The molecule has 1 aromatic heterocycles. The van der Waals surface area contributed by atoms with E-state index in [0.717, 1.165) is 12.1 Å². The average molecular weight is 431 g/mol. The molecule has 0 saturated carbocycles. The SMILES string of the molecule is Cc1cc[n+]([O-])cc1N1CN(c2ccc(F)cc2C)c2ccc(C(F)(F)F)cc2C1=O. The highest BCUT2D eigenvalue weighted by atomic mass is 19.4. The van der Waals surface area contributed by atoms with Gasteiger partial charge in [-0.1, -0.05) is 0 Å². The van der Waals surface area contributed by atoms with Crippen LogP contribution in [0.1, 0.15) is 27.0 Å². The largest absolute Gasteiger partial charge is 0.619 e. The van der Waals surface area contributed by atoms with E-state index in [1.807, 2.05) is 0 Å². The van der Waals surface area contributed by atoms with E-state index in [0.29, 0.717) is 21.5 Å². The number of halogens is 4. The molecule has 1 aliphatic rings. The Hall–Kier alpha value is -3.62. The van der Waals surface area contributed by atoms with Gasteiger partial charge in [-0.15, -0.1) is 0 Å². The number of carbonyl (C=O) groups excluding carboxylic acids is 1. The average Bonchev–Trinajstić information content (AvgIpc) is 2.70. The third-order valence-corrected chi connectivity index (χ3v) is 5.24. The first-order valence-corrected chi connectivity index (χ1v) is 9.32. The first kappa shape index (κ1) is 20.6. The van der Waals surface area contributed by atoms with E-state index in [2.05, 4.69) is 0 Å². The number of amides is 1. The van der Waals surface area contributed by atoms with Crippen molar-refractivity contribution in [1.29, 1.82) is 0 Å². The highest BCUT2D eigenvalue weighted by molar-refractivity contribution is 6.13. The minimum Gasteiger partial charge on any atom is -0.619 e. The molecule has 9 heteroatoms. The summed E-state index contributed by atoms with van der Waals surface area (Å²) in [6.45, 7) is 3.30. The van der Waals surface area contributed by atoms with Gasteiger partial charge in [-0.05, 0) is 61.4 Å². The highest BCUT2D eigenvalue weighted by Gasteiger charge is 2.37. The Labute approximate surface area is 175 Å². The Balaban J connectivity index is 1.93. The van der Waals surface area contributed by atoms with Crippen LogP contribution in [0.15, 0.2) is 54.9 Å². The second-order valence-corrected chi connectivity index (χ2v) is 7.34. The van der Waals surface area contributed by atoms with E-state index in [-0.39, 0.29) is 23.6 Å². The predicted molar refractivity (Wildman–Crippen MR) is 107 cm³/mol. The lowest BCUT2D eigenvalue weighted by Crippen LogP contribution is -2.46. The molecular weight excluding hydrogens is 414 g/mol. The van der Waals surface area contributed by atoms with Crippen molar-refractivity contribution in [2.24, 2.45) is 0 Å². The van der Waals surface area contributed by atoms with E-state index < -0.39 is 23.5 Å². The third-order valence-electron chi connectivity index (χ3n) is 5.24. The van der Waals surface area contributed by atoms with Crippen molar-refractivity contribution in [3.8, 4) is 0 Å². The standard InChI is InChI=1S/C22H17F4N3O2/c1-13-7-8-27(31)11-20(13)29-12-28(18-6-4-16(23)9-14(18)2)19-5-3-15(22(24,25)26)10-17(19)21(29)30/h3-11H,12H2,1-2H3. The van der Waals surface area contributed by atoms with E-state index in [9.17, 15) is 27.6 Å². The van der Waals surface area contributed by atoms with Gasteiger partial charge in [0, 0.05) is 11.8 Å². The summed E-state index contributed by atoms with van der Waals surface area (Å²) in [6, 6.07) is 8.52. The number of aryl methyl sites for hydroxylation is 2. The molecule has 0 radical (unpaired) electrons. The zero-order chi connectivity index (χ0) is 22.5. The van der Waals surface area contributed by atoms with Crippen LogP contribution in [-0.4, -0.2) is 12.6 Å². The lowest BCUT2D eigenvalue weighted by atomic mass is 10.0. The number of hydrogen-bond acceptors (Lipinski definition) is 3. The van der Waals surface area contributed by atoms with Gasteiger partial charge in [-0.2, -0.15) is 17.9 Å². The van der Waals surface area contributed by atoms with Crippen LogP contribution in [0.3, 0.4) is 0 Å². The fourth-order valence-electron chi connectivity index (χ4n) is 3.68. The van der Waals surface area contributed by atoms with Gasteiger partial charge < -0.3 is 10.1 Å². The van der Waals surface area contributed by atoms with Crippen molar-refractivity contribution in [2.75, 3.05) is 16.5 Å². The quantitative estimate of drug-likeness (QED) is 0.331. The van der Waals surface area contributed by atoms with Crippen LogP contribution in [0.25, 0.3) is 0 Å². The van der Waals surface area contributed by atoms with Crippen molar-refractivity contribution < 1.29 is 27.1 Å². The lowest BCUT2D eigenvalue weighted by Gasteiger charge is -2.39. The van der Waals surface area contributed by atoms with E-state index in [1.165, 1.54) is 47.6 Å². The van der Waals surface area contributed by atoms with Crippen molar-refractivity contribution in [2.45, 2.75) is 20.0 Å². The minimum absolute atomic E-state index is 0.0610. The van der Waals surface area contributed by atoms with Crippen LogP contribution in [0.5, 0.6) is 0 Å². The number of nitrogens with zero attached hydrogens (tertiary/aromatic N) is 3. The summed E-state index contributed by atoms with van der Waals surface area (Å²) in [5.74, 6) is -1.11. The van der Waals surface area contributed by atoms with Crippen LogP contribution < -0.4 is 14.5 Å². The van der Waals surface area contributed by atoms with Crippen molar-refractivity contribution in [3.63, 3.8) is 0 Å². The van der Waals surface area contributed by atoms with Crippen molar-refractivity contribution in [3.05, 3.63) is 88.1 Å². The minimum atomic E-state index is -4.63. The van der Waals surface area contributed by atoms with Crippen LogP contribution >= 0.6 is 0 Å². The maximum absolute atomic E-state index is 13.7. The van der Waals surface area contributed by atoms with Crippen LogP contribution in [0.4, 0.5) is 34.6 Å². The molecule has 0 atom stereocenters. The number of pyridine rings is 1. The summed E-state index contributed by atoms with van der Waals surface area (Å²) < 4.78 is 54.1. The molecule has 160 valence electrons. The number of benzene rings is 2. The first-order chi connectivity index (χ1) is 14.6. The fraction of sp³-hybridized carbons (Fsp3) is 0.182. The van der Waals surface area contributed by atoms with Gasteiger partial charge in [0.2, 0.25) is 6.20 Å². The molecule has 0 spiro atoms. The molecule has 1 amide bonds. The zero-order valence-electron chi connectivity index (χ0n) is 16.6. The van der Waals surface area contributed by atoms with Crippen LogP contribution in [-0.2, 0) is 6.18 Å². The van der Waals surface area contributed by atoms with Gasteiger partial charge in [-0.3, -0.25) is 9.69 Å². The molecule has 0 fully saturated rings. The fourth-order valence-corrected chi connectivity index (χ4v) is 3.68. The smallest absolute Gasteiger partial charge is 0.416 e. The highest BCUT2D eigenvalue weighted by Crippen LogP contribution is 2.40. The summed E-state index contributed by atoms with van der Waals surface area (Å²) in [5.41, 5.74) is 1.10. The molecule has 0 bridgehead atoms. The summed E-state index contributed by atoms with van der Waals surface area (Å²) in [5, 5.41) is 11.8. The van der Waals surface area contributed by atoms with Crippen molar-refractivity contribution >= 4 is 23.0 Å². The van der Waals surface area contributed by atoms with E-state index in [4.69, 9.17) is 0 Å². The van der Waals surface area contributed by atoms with Gasteiger partial charge in [0.1, 0.15) is 18.2 Å². The summed E-state index contributed by atoms with van der Waals surface area (Å²) >= 11 is 0. The molecule has 3 aromatic rings. The Morgan fingerprint density at radius 2 is 1.65 bits per heavy atom. The van der Waals surface area contributed by atoms with Gasteiger partial charge in [-0.25, -0.2) is 4.39 Å². The topological polar surface area (TPSA) is 50.5 Å². The van der Waals surface area contributed by atoms with E-state index >= 15 is 0 Å². The van der Waals surface area contributed by atoms with Gasteiger partial charge in [0.15, 0.2) is 6.20 Å². The number of fused-ring (bicyclic) bond motifs is 1. The molecule has 2 heterocycles. The maximum atomic E-state index is 13.7. The van der Waals surface area contributed by atoms with Crippen LogP contribution in [0.2, 0.25) is 0 Å². The number of aromatic nitrogens is 1. The number of rotatable bonds is 2. The Morgan fingerprint density at radius 3 is 2.32 bits per heavy atom. The number of carbonyl (C=O) groups is 1. The third kappa shape index (κ3) is 3.67. The molecular formula is C22H17F4N3O2. The molecule has 0 aliphatic carbocycles. The normalized spacial score (nSPS) is 14.1. The second-order valence-electron chi connectivity index (χ2n) is 7.34. The van der Waals surface area contributed by atoms with Gasteiger partial charge in [0.25, 0.3) is 5.91 Å². The lowest BCUT2D eigenvalue weighted by molar-refractivity contribution is -0.604. The second kappa shape index (κ2) is 7.26.